The quantitative estimate of drug-likeness (QED) is 0.231. The molecule has 0 unspecified atom stereocenters. The standard InChI is InChI=1S/C15H23BrN2O2/c1-2-3-4-5-6-7-11-20-13-10-8-9-12(16)14(13)15(17)18-19/h8-10,19H,2-7,11H2,1H3,(H2,17,18). The van der Waals surface area contributed by atoms with Crippen LogP contribution in [0.1, 0.15) is 51.0 Å². The highest BCUT2D eigenvalue weighted by Gasteiger charge is 2.12. The summed E-state index contributed by atoms with van der Waals surface area (Å²) in [5, 5.41) is 11.9. The molecule has 0 fully saturated rings. The van der Waals surface area contributed by atoms with Gasteiger partial charge in [0.1, 0.15) is 5.75 Å². The Bertz CT molecular complexity index is 436. The highest BCUT2D eigenvalue weighted by atomic mass is 79.9. The summed E-state index contributed by atoms with van der Waals surface area (Å²) in [6.45, 7) is 2.86. The number of unbranched alkanes of at least 4 members (excludes halogenated alkanes) is 5. The summed E-state index contributed by atoms with van der Waals surface area (Å²) in [6, 6.07) is 5.54. The number of oxime groups is 1. The van der Waals surface area contributed by atoms with Crippen molar-refractivity contribution >= 4 is 21.8 Å². The van der Waals surface area contributed by atoms with Gasteiger partial charge in [-0.05, 0) is 34.5 Å². The van der Waals surface area contributed by atoms with Crippen LogP contribution < -0.4 is 10.5 Å². The number of ether oxygens (including phenoxy) is 1. The van der Waals surface area contributed by atoms with Gasteiger partial charge in [0, 0.05) is 4.47 Å². The fourth-order valence-electron chi connectivity index (χ4n) is 1.99. The van der Waals surface area contributed by atoms with Crippen molar-refractivity contribution in [3.8, 4) is 5.75 Å². The van der Waals surface area contributed by atoms with E-state index in [0.29, 0.717) is 17.9 Å². The van der Waals surface area contributed by atoms with Gasteiger partial charge in [0.2, 0.25) is 0 Å². The summed E-state index contributed by atoms with van der Waals surface area (Å²) in [4.78, 5) is 0. The highest BCUT2D eigenvalue weighted by molar-refractivity contribution is 9.10. The van der Waals surface area contributed by atoms with Crippen molar-refractivity contribution in [1.82, 2.24) is 0 Å². The van der Waals surface area contributed by atoms with Crippen molar-refractivity contribution in [2.45, 2.75) is 45.4 Å². The predicted molar refractivity (Wildman–Crippen MR) is 85.5 cm³/mol. The van der Waals surface area contributed by atoms with Gasteiger partial charge in [-0.2, -0.15) is 0 Å². The second kappa shape index (κ2) is 9.64. The number of rotatable bonds is 9. The molecule has 0 aliphatic heterocycles. The van der Waals surface area contributed by atoms with E-state index in [-0.39, 0.29) is 5.84 Å². The second-order valence-corrected chi connectivity index (χ2v) is 5.57. The molecule has 0 saturated carbocycles. The van der Waals surface area contributed by atoms with Crippen LogP contribution in [0.4, 0.5) is 0 Å². The lowest BCUT2D eigenvalue weighted by atomic mass is 10.1. The molecule has 0 spiro atoms. The average Bonchev–Trinajstić information content (AvgIpc) is 2.45. The van der Waals surface area contributed by atoms with Gasteiger partial charge in [-0.15, -0.1) is 0 Å². The van der Waals surface area contributed by atoms with Crippen molar-refractivity contribution in [2.24, 2.45) is 10.9 Å². The van der Waals surface area contributed by atoms with Crippen LogP contribution in [0.15, 0.2) is 27.8 Å². The van der Waals surface area contributed by atoms with Crippen molar-refractivity contribution < 1.29 is 9.94 Å². The Hall–Kier alpha value is -1.23. The summed E-state index contributed by atoms with van der Waals surface area (Å²) in [5.41, 5.74) is 6.27. The molecule has 112 valence electrons. The van der Waals surface area contributed by atoms with Gasteiger partial charge in [0.15, 0.2) is 5.84 Å². The van der Waals surface area contributed by atoms with E-state index in [1.54, 1.807) is 0 Å². The molecular weight excluding hydrogens is 320 g/mol. The predicted octanol–water partition coefficient (Wildman–Crippen LogP) is 4.28. The summed E-state index contributed by atoms with van der Waals surface area (Å²) < 4.78 is 6.50. The van der Waals surface area contributed by atoms with Crippen LogP contribution in [-0.2, 0) is 0 Å². The minimum absolute atomic E-state index is 0.0513. The van der Waals surface area contributed by atoms with Crippen molar-refractivity contribution in [2.75, 3.05) is 6.61 Å². The van der Waals surface area contributed by atoms with Crippen LogP contribution in [0.2, 0.25) is 0 Å². The van der Waals surface area contributed by atoms with Gasteiger partial charge >= 0.3 is 0 Å². The van der Waals surface area contributed by atoms with E-state index in [1.165, 1.54) is 32.1 Å². The first kappa shape index (κ1) is 16.8. The molecular formula is C15H23BrN2O2. The maximum Gasteiger partial charge on any atom is 0.174 e. The number of nitrogens with zero attached hydrogens (tertiary/aromatic N) is 1. The minimum atomic E-state index is 0.0513. The van der Waals surface area contributed by atoms with E-state index in [2.05, 4.69) is 28.0 Å². The zero-order valence-electron chi connectivity index (χ0n) is 11.9. The Morgan fingerprint density at radius 3 is 2.65 bits per heavy atom. The molecule has 0 aliphatic rings. The molecule has 1 aromatic carbocycles. The smallest absolute Gasteiger partial charge is 0.174 e. The van der Waals surface area contributed by atoms with E-state index in [4.69, 9.17) is 15.7 Å². The first-order valence-corrected chi connectivity index (χ1v) is 7.89. The molecule has 0 aromatic heterocycles. The largest absolute Gasteiger partial charge is 0.493 e. The van der Waals surface area contributed by atoms with Gasteiger partial charge in [0.25, 0.3) is 0 Å². The maximum absolute atomic E-state index is 8.82. The normalized spacial score (nSPS) is 11.6. The average molecular weight is 343 g/mol. The van der Waals surface area contributed by atoms with Crippen molar-refractivity contribution in [3.05, 3.63) is 28.2 Å². The first-order chi connectivity index (χ1) is 9.70. The number of hydrogen-bond donors (Lipinski definition) is 2. The Morgan fingerprint density at radius 1 is 1.25 bits per heavy atom. The zero-order chi connectivity index (χ0) is 14.8. The van der Waals surface area contributed by atoms with Crippen LogP contribution in [0.3, 0.4) is 0 Å². The van der Waals surface area contributed by atoms with Crippen LogP contribution in [-0.4, -0.2) is 17.6 Å². The molecule has 0 atom stereocenters. The SMILES string of the molecule is CCCCCCCCOc1cccc(Br)c1/C(N)=N/O. The lowest BCUT2D eigenvalue weighted by molar-refractivity contribution is 0.301. The van der Waals surface area contributed by atoms with Crippen LogP contribution in [0, 0.1) is 0 Å². The lowest BCUT2D eigenvalue weighted by Crippen LogP contribution is -2.16. The number of halogens is 1. The van der Waals surface area contributed by atoms with E-state index in [1.807, 2.05) is 18.2 Å². The van der Waals surface area contributed by atoms with E-state index >= 15 is 0 Å². The Labute approximate surface area is 129 Å². The fraction of sp³-hybridized carbons (Fsp3) is 0.533. The van der Waals surface area contributed by atoms with Gasteiger partial charge in [0.05, 0.1) is 12.2 Å². The zero-order valence-corrected chi connectivity index (χ0v) is 13.5. The van der Waals surface area contributed by atoms with E-state index < -0.39 is 0 Å². The summed E-state index contributed by atoms with van der Waals surface area (Å²) >= 11 is 3.39. The Kier molecular flexibility index (Phi) is 8.11. The molecule has 4 nitrogen and oxygen atoms in total. The molecule has 5 heteroatoms. The monoisotopic (exact) mass is 342 g/mol. The third kappa shape index (κ3) is 5.41. The molecule has 0 bridgehead atoms. The van der Waals surface area contributed by atoms with Crippen LogP contribution >= 0.6 is 15.9 Å². The topological polar surface area (TPSA) is 67.8 Å². The van der Waals surface area contributed by atoms with Crippen molar-refractivity contribution in [3.63, 3.8) is 0 Å². The number of nitrogens with two attached hydrogens (primary N) is 1. The third-order valence-corrected chi connectivity index (χ3v) is 3.76. The molecule has 0 heterocycles. The van der Waals surface area contributed by atoms with Crippen LogP contribution in [0.5, 0.6) is 5.75 Å². The van der Waals surface area contributed by atoms with Crippen molar-refractivity contribution in [1.29, 1.82) is 0 Å². The van der Waals surface area contributed by atoms with Gasteiger partial charge in [-0.25, -0.2) is 0 Å². The van der Waals surface area contributed by atoms with Gasteiger partial charge < -0.3 is 15.7 Å². The first-order valence-electron chi connectivity index (χ1n) is 7.10. The summed E-state index contributed by atoms with van der Waals surface area (Å²) in [7, 11) is 0. The molecule has 1 aromatic rings. The van der Waals surface area contributed by atoms with Crippen LogP contribution in [0.25, 0.3) is 0 Å². The fourth-order valence-corrected chi connectivity index (χ4v) is 2.54. The minimum Gasteiger partial charge on any atom is -0.493 e. The summed E-state index contributed by atoms with van der Waals surface area (Å²) in [5.74, 6) is 0.693. The third-order valence-electron chi connectivity index (χ3n) is 3.09. The van der Waals surface area contributed by atoms with E-state index in [0.717, 1.165) is 10.9 Å². The number of amidine groups is 1. The van der Waals surface area contributed by atoms with E-state index in [9.17, 15) is 0 Å². The molecule has 0 saturated heterocycles. The molecule has 0 amide bonds. The Morgan fingerprint density at radius 2 is 1.95 bits per heavy atom. The molecule has 0 aliphatic carbocycles. The maximum atomic E-state index is 8.82. The lowest BCUT2D eigenvalue weighted by Gasteiger charge is -2.12. The molecule has 20 heavy (non-hydrogen) atoms. The molecule has 3 N–H and O–H groups in total. The molecule has 0 radical (unpaired) electrons. The highest BCUT2D eigenvalue weighted by Crippen LogP contribution is 2.26. The number of hydrogen-bond acceptors (Lipinski definition) is 3. The Balaban J connectivity index is 2.46. The number of benzene rings is 1. The second-order valence-electron chi connectivity index (χ2n) is 4.71. The molecule has 1 rings (SSSR count). The van der Waals surface area contributed by atoms with Gasteiger partial charge in [-0.3, -0.25) is 0 Å². The van der Waals surface area contributed by atoms with Gasteiger partial charge in [-0.1, -0.05) is 50.2 Å². The summed E-state index contributed by atoms with van der Waals surface area (Å²) in [6.07, 6.45) is 7.31.